The molecule has 94 valence electrons. The van der Waals surface area contributed by atoms with Gasteiger partial charge in [-0.2, -0.15) is 0 Å². The van der Waals surface area contributed by atoms with E-state index in [-0.39, 0.29) is 5.56 Å². The van der Waals surface area contributed by atoms with Crippen molar-refractivity contribution in [1.82, 2.24) is 0 Å². The second-order valence-corrected chi connectivity index (χ2v) is 3.21. The van der Waals surface area contributed by atoms with E-state index in [1.165, 1.54) is 19.2 Å². The van der Waals surface area contributed by atoms with Gasteiger partial charge in [0.15, 0.2) is 0 Å². The van der Waals surface area contributed by atoms with E-state index in [0.717, 1.165) is 6.08 Å². The number of anilines is 1. The molecule has 0 saturated carbocycles. The van der Waals surface area contributed by atoms with Gasteiger partial charge < -0.3 is 20.0 Å². The number of benzene rings is 1. The molecule has 0 saturated heterocycles. The summed E-state index contributed by atoms with van der Waals surface area (Å²) in [7, 11) is 1.25. The van der Waals surface area contributed by atoms with Crippen LogP contribution >= 0.6 is 0 Å². The van der Waals surface area contributed by atoms with Crippen molar-refractivity contribution in [2.45, 2.75) is 0 Å². The molecule has 1 aromatic carbocycles. The molecule has 0 spiro atoms. The number of nitrogens with one attached hydrogen (secondary N) is 1. The number of amides is 1. The summed E-state index contributed by atoms with van der Waals surface area (Å²) < 4.78 is 4.52. The number of carbonyl (C=O) groups is 3. The van der Waals surface area contributed by atoms with Crippen LogP contribution < -0.4 is 10.4 Å². The molecule has 0 aromatic heterocycles. The molecule has 0 unspecified atom stereocenters. The monoisotopic (exact) mass is 248 g/mol. The van der Waals surface area contributed by atoms with Gasteiger partial charge in [0.2, 0.25) is 5.91 Å². The second kappa shape index (κ2) is 6.19. The molecule has 0 atom stereocenters. The lowest BCUT2D eigenvalue weighted by Gasteiger charge is -2.04. The third-order valence-corrected chi connectivity index (χ3v) is 1.92. The Morgan fingerprint density at radius 1 is 1.28 bits per heavy atom. The van der Waals surface area contributed by atoms with Crippen molar-refractivity contribution in [3.05, 3.63) is 42.0 Å². The van der Waals surface area contributed by atoms with Gasteiger partial charge in [0.25, 0.3) is 0 Å². The first-order chi connectivity index (χ1) is 8.52. The van der Waals surface area contributed by atoms with Crippen molar-refractivity contribution in [1.29, 1.82) is 0 Å². The molecule has 0 aliphatic heterocycles. The van der Waals surface area contributed by atoms with Gasteiger partial charge >= 0.3 is 5.97 Å². The van der Waals surface area contributed by atoms with Crippen LogP contribution in [0.3, 0.4) is 0 Å². The average molecular weight is 248 g/mol. The van der Waals surface area contributed by atoms with Crippen molar-refractivity contribution < 1.29 is 24.2 Å². The van der Waals surface area contributed by atoms with E-state index >= 15 is 0 Å². The minimum atomic E-state index is -1.46. The van der Waals surface area contributed by atoms with Crippen LogP contribution in [-0.4, -0.2) is 25.0 Å². The number of methoxy groups -OCH3 is 1. The zero-order chi connectivity index (χ0) is 13.5. The van der Waals surface area contributed by atoms with E-state index in [2.05, 4.69) is 10.1 Å². The van der Waals surface area contributed by atoms with Gasteiger partial charge in [-0.3, -0.25) is 4.79 Å². The largest absolute Gasteiger partial charge is 0.545 e. The Balaban J connectivity index is 2.76. The smallest absolute Gasteiger partial charge is 0.337 e. The quantitative estimate of drug-likeness (QED) is 0.584. The number of rotatable bonds is 4. The average Bonchev–Trinajstić information content (AvgIpc) is 2.35. The molecule has 6 nitrogen and oxygen atoms in total. The second-order valence-electron chi connectivity index (χ2n) is 3.21. The summed E-state index contributed by atoms with van der Waals surface area (Å²) in [5, 5.41) is 12.5. The Kier molecular flexibility index (Phi) is 4.62. The zero-order valence-electron chi connectivity index (χ0n) is 9.51. The number of aliphatic carboxylic acids is 1. The summed E-state index contributed by atoms with van der Waals surface area (Å²) in [5.41, 5.74) is 0.630. The number of esters is 1. The van der Waals surface area contributed by atoms with Crippen LogP contribution in [0.15, 0.2) is 36.4 Å². The van der Waals surface area contributed by atoms with E-state index in [1.807, 2.05) is 0 Å². The van der Waals surface area contributed by atoms with Crippen molar-refractivity contribution in [2.24, 2.45) is 0 Å². The Bertz CT molecular complexity index is 507. The SMILES string of the molecule is COC(=O)c1cccc(NC(=O)/C=C\C(=O)[O-])c1. The summed E-state index contributed by atoms with van der Waals surface area (Å²) in [6, 6.07) is 6.05. The summed E-state index contributed by atoms with van der Waals surface area (Å²) in [6.45, 7) is 0. The Morgan fingerprint density at radius 3 is 2.61 bits per heavy atom. The zero-order valence-corrected chi connectivity index (χ0v) is 9.51. The third-order valence-electron chi connectivity index (χ3n) is 1.92. The highest BCUT2D eigenvalue weighted by atomic mass is 16.5. The first-order valence-corrected chi connectivity index (χ1v) is 4.91. The summed E-state index contributed by atoms with van der Waals surface area (Å²) in [4.78, 5) is 32.6. The first-order valence-electron chi connectivity index (χ1n) is 4.91. The first kappa shape index (κ1) is 13.4. The van der Waals surface area contributed by atoms with Crippen LogP contribution in [0.5, 0.6) is 0 Å². The lowest BCUT2D eigenvalue weighted by Crippen LogP contribution is -2.20. The van der Waals surface area contributed by atoms with Crippen LogP contribution in [0, 0.1) is 0 Å². The van der Waals surface area contributed by atoms with Crippen LogP contribution in [0.1, 0.15) is 10.4 Å². The van der Waals surface area contributed by atoms with E-state index in [1.54, 1.807) is 12.1 Å². The number of carboxylic acid groups (broad SMARTS) is 1. The molecule has 0 radical (unpaired) electrons. The Hall–Kier alpha value is -2.63. The highest BCUT2D eigenvalue weighted by molar-refractivity contribution is 6.02. The molecule has 18 heavy (non-hydrogen) atoms. The van der Waals surface area contributed by atoms with E-state index in [0.29, 0.717) is 11.8 Å². The van der Waals surface area contributed by atoms with Crippen LogP contribution in [-0.2, 0) is 14.3 Å². The molecule has 0 aliphatic rings. The minimum Gasteiger partial charge on any atom is -0.545 e. The molecule has 6 heteroatoms. The minimum absolute atomic E-state index is 0.277. The van der Waals surface area contributed by atoms with Gasteiger partial charge in [0.05, 0.1) is 18.6 Å². The van der Waals surface area contributed by atoms with Crippen LogP contribution in [0.2, 0.25) is 0 Å². The Morgan fingerprint density at radius 2 is 2.00 bits per heavy atom. The number of carboxylic acids is 1. The van der Waals surface area contributed by atoms with Gasteiger partial charge in [0.1, 0.15) is 0 Å². The molecule has 0 aliphatic carbocycles. The summed E-state index contributed by atoms with van der Waals surface area (Å²) in [6.07, 6.45) is 1.43. The molecular formula is C12H10NO5-. The summed E-state index contributed by atoms with van der Waals surface area (Å²) >= 11 is 0. The maximum absolute atomic E-state index is 11.3. The maximum Gasteiger partial charge on any atom is 0.337 e. The lowest BCUT2D eigenvalue weighted by atomic mass is 10.2. The molecule has 1 aromatic rings. The fourth-order valence-corrected chi connectivity index (χ4v) is 1.17. The number of hydrogen-bond acceptors (Lipinski definition) is 5. The number of ether oxygens (including phenoxy) is 1. The molecule has 1 amide bonds. The molecular weight excluding hydrogens is 238 g/mol. The van der Waals surface area contributed by atoms with Crippen LogP contribution in [0.25, 0.3) is 0 Å². The Labute approximate surface area is 103 Å². The maximum atomic E-state index is 11.3. The molecule has 0 fully saturated rings. The fraction of sp³-hybridized carbons (Fsp3) is 0.0833. The van der Waals surface area contributed by atoms with Gasteiger partial charge in [-0.15, -0.1) is 0 Å². The van der Waals surface area contributed by atoms with Gasteiger partial charge in [-0.1, -0.05) is 6.07 Å². The van der Waals surface area contributed by atoms with Crippen LogP contribution in [0.4, 0.5) is 5.69 Å². The third kappa shape index (κ3) is 4.09. The topological polar surface area (TPSA) is 95.5 Å². The molecule has 0 heterocycles. The van der Waals surface area contributed by atoms with Gasteiger partial charge in [-0.25, -0.2) is 4.79 Å². The molecule has 1 rings (SSSR count). The van der Waals surface area contributed by atoms with E-state index in [9.17, 15) is 19.5 Å². The normalized spacial score (nSPS) is 10.1. The van der Waals surface area contributed by atoms with Crippen molar-refractivity contribution in [2.75, 3.05) is 12.4 Å². The predicted octanol–water partition coefficient (Wildman–Crippen LogP) is -0.282. The molecule has 1 N–H and O–H groups in total. The highest BCUT2D eigenvalue weighted by Gasteiger charge is 2.06. The molecule has 0 bridgehead atoms. The van der Waals surface area contributed by atoms with Gasteiger partial charge in [-0.05, 0) is 24.3 Å². The fourth-order valence-electron chi connectivity index (χ4n) is 1.17. The predicted molar refractivity (Wildman–Crippen MR) is 60.6 cm³/mol. The highest BCUT2D eigenvalue weighted by Crippen LogP contribution is 2.11. The summed E-state index contributed by atoms with van der Waals surface area (Å²) in [5.74, 6) is -2.63. The standard InChI is InChI=1S/C12H11NO5/c1-18-12(17)8-3-2-4-9(7-8)13-10(14)5-6-11(15)16/h2-7H,1H3,(H,13,14)(H,15,16)/p-1/b6-5-. The lowest BCUT2D eigenvalue weighted by molar-refractivity contribution is -0.297. The van der Waals surface area contributed by atoms with Gasteiger partial charge in [0, 0.05) is 11.8 Å². The van der Waals surface area contributed by atoms with Crippen molar-refractivity contribution >= 4 is 23.5 Å². The van der Waals surface area contributed by atoms with E-state index < -0.39 is 17.8 Å². The van der Waals surface area contributed by atoms with E-state index in [4.69, 9.17) is 0 Å². The number of hydrogen-bond donors (Lipinski definition) is 1. The van der Waals surface area contributed by atoms with Crippen molar-refractivity contribution in [3.8, 4) is 0 Å². The van der Waals surface area contributed by atoms with Crippen molar-refractivity contribution in [3.63, 3.8) is 0 Å². The number of carbonyl (C=O) groups excluding carboxylic acids is 3.